The molecule has 3 saturated heterocycles. The maximum Gasteiger partial charge on any atom is 0.00481 e. The number of nitrogens with one attached hydrogen (secondary N) is 1. The van der Waals surface area contributed by atoms with Gasteiger partial charge in [0.2, 0.25) is 0 Å². The van der Waals surface area contributed by atoms with Crippen LogP contribution in [0.15, 0.2) is 0 Å². The molecule has 0 aromatic carbocycles. The molecular formula is C18H36ClN3. The summed E-state index contributed by atoms with van der Waals surface area (Å²) in [5.41, 5.74) is 0.532. The Balaban J connectivity index is 0.00000176. The zero-order chi connectivity index (χ0) is 14.5. The van der Waals surface area contributed by atoms with Gasteiger partial charge in [-0.2, -0.15) is 0 Å². The van der Waals surface area contributed by atoms with Crippen molar-refractivity contribution in [2.24, 2.45) is 11.3 Å². The van der Waals surface area contributed by atoms with Crippen LogP contribution in [0.1, 0.15) is 51.9 Å². The van der Waals surface area contributed by atoms with Crippen molar-refractivity contribution < 1.29 is 0 Å². The van der Waals surface area contributed by atoms with Crippen LogP contribution in [-0.2, 0) is 0 Å². The largest absolute Gasteiger partial charge is 0.316 e. The summed E-state index contributed by atoms with van der Waals surface area (Å²) in [5, 5.41) is 3.55. The molecule has 3 aliphatic rings. The normalized spacial score (nSPS) is 35.0. The fraction of sp³-hybridized carbons (Fsp3) is 1.00. The van der Waals surface area contributed by atoms with Gasteiger partial charge < -0.3 is 15.1 Å². The van der Waals surface area contributed by atoms with E-state index in [2.05, 4.69) is 22.0 Å². The Hall–Kier alpha value is 0.170. The molecule has 3 fully saturated rings. The van der Waals surface area contributed by atoms with E-state index in [9.17, 15) is 0 Å². The number of likely N-dealkylation sites (tertiary alicyclic amines) is 2. The second kappa shape index (κ2) is 8.86. The molecule has 130 valence electrons. The number of hydrogen-bond donors (Lipinski definition) is 1. The number of halogens is 1. The van der Waals surface area contributed by atoms with Crippen LogP contribution in [0.3, 0.4) is 0 Å². The van der Waals surface area contributed by atoms with E-state index in [0.29, 0.717) is 5.41 Å². The average molecular weight is 330 g/mol. The third-order valence-corrected chi connectivity index (χ3v) is 5.88. The van der Waals surface area contributed by atoms with Gasteiger partial charge in [-0.3, -0.25) is 0 Å². The average Bonchev–Trinajstić information content (AvgIpc) is 2.73. The van der Waals surface area contributed by atoms with Crippen LogP contribution in [0, 0.1) is 11.3 Å². The predicted octanol–water partition coefficient (Wildman–Crippen LogP) is 3.00. The Bertz CT molecular complexity index is 309. The summed E-state index contributed by atoms with van der Waals surface area (Å²) >= 11 is 0. The molecule has 0 aromatic heterocycles. The third-order valence-electron chi connectivity index (χ3n) is 5.88. The second-order valence-electron chi connectivity index (χ2n) is 8.20. The molecule has 1 N–H and O–H groups in total. The van der Waals surface area contributed by atoms with Gasteiger partial charge in [-0.05, 0) is 69.6 Å². The molecular weight excluding hydrogens is 294 g/mol. The number of nitrogens with zero attached hydrogens (tertiary/aromatic N) is 2. The van der Waals surface area contributed by atoms with Crippen molar-refractivity contribution in [3.05, 3.63) is 0 Å². The lowest BCUT2D eigenvalue weighted by atomic mass is 9.87. The van der Waals surface area contributed by atoms with Gasteiger partial charge in [0.25, 0.3) is 0 Å². The van der Waals surface area contributed by atoms with Crippen molar-refractivity contribution >= 4 is 12.4 Å². The first-order valence-corrected chi connectivity index (χ1v) is 9.39. The highest BCUT2D eigenvalue weighted by Gasteiger charge is 2.32. The van der Waals surface area contributed by atoms with Crippen molar-refractivity contribution in [1.82, 2.24) is 15.1 Å². The van der Waals surface area contributed by atoms with E-state index in [4.69, 9.17) is 0 Å². The monoisotopic (exact) mass is 329 g/mol. The van der Waals surface area contributed by atoms with Crippen LogP contribution in [0.4, 0.5) is 0 Å². The van der Waals surface area contributed by atoms with Gasteiger partial charge in [0.1, 0.15) is 0 Å². The minimum absolute atomic E-state index is 0. The molecule has 3 aliphatic heterocycles. The zero-order valence-corrected chi connectivity index (χ0v) is 15.3. The summed E-state index contributed by atoms with van der Waals surface area (Å²) < 4.78 is 0. The topological polar surface area (TPSA) is 18.5 Å². The Labute approximate surface area is 143 Å². The van der Waals surface area contributed by atoms with Gasteiger partial charge >= 0.3 is 0 Å². The summed E-state index contributed by atoms with van der Waals surface area (Å²) in [6.45, 7) is 13.0. The molecule has 0 radical (unpaired) electrons. The zero-order valence-electron chi connectivity index (χ0n) is 14.5. The minimum atomic E-state index is 0. The maximum atomic E-state index is 3.55. The van der Waals surface area contributed by atoms with E-state index < -0.39 is 0 Å². The molecule has 22 heavy (non-hydrogen) atoms. The van der Waals surface area contributed by atoms with Crippen LogP contribution in [0.2, 0.25) is 0 Å². The van der Waals surface area contributed by atoms with E-state index >= 15 is 0 Å². The van der Waals surface area contributed by atoms with Crippen LogP contribution < -0.4 is 5.32 Å². The first kappa shape index (κ1) is 18.5. The summed E-state index contributed by atoms with van der Waals surface area (Å²) in [7, 11) is 0. The summed E-state index contributed by atoms with van der Waals surface area (Å²) in [4.78, 5) is 5.54. The lowest BCUT2D eigenvalue weighted by Gasteiger charge is -2.39. The third kappa shape index (κ3) is 5.36. The smallest absolute Gasteiger partial charge is 0.00481 e. The maximum absolute atomic E-state index is 3.55. The van der Waals surface area contributed by atoms with Gasteiger partial charge in [-0.25, -0.2) is 0 Å². The van der Waals surface area contributed by atoms with Crippen LogP contribution in [0.5, 0.6) is 0 Å². The first-order valence-electron chi connectivity index (χ1n) is 9.39. The summed E-state index contributed by atoms with van der Waals surface area (Å²) in [6.07, 6.45) is 10.0. The van der Waals surface area contributed by atoms with Crippen molar-refractivity contribution in [2.75, 3.05) is 52.4 Å². The lowest BCUT2D eigenvalue weighted by molar-refractivity contribution is 0.0993. The molecule has 0 spiro atoms. The number of hydrogen-bond acceptors (Lipinski definition) is 3. The molecule has 0 amide bonds. The fourth-order valence-electron chi connectivity index (χ4n) is 4.67. The van der Waals surface area contributed by atoms with E-state index in [1.807, 2.05) is 0 Å². The number of piperidine rings is 1. The predicted molar refractivity (Wildman–Crippen MR) is 96.9 cm³/mol. The summed E-state index contributed by atoms with van der Waals surface area (Å²) in [5.74, 6) is 0.926. The van der Waals surface area contributed by atoms with E-state index in [1.54, 1.807) is 0 Å². The van der Waals surface area contributed by atoms with Gasteiger partial charge in [-0.1, -0.05) is 19.8 Å². The minimum Gasteiger partial charge on any atom is -0.316 e. The Morgan fingerprint density at radius 3 is 2.41 bits per heavy atom. The number of rotatable bonds is 4. The van der Waals surface area contributed by atoms with Crippen molar-refractivity contribution in [3.8, 4) is 0 Å². The van der Waals surface area contributed by atoms with Gasteiger partial charge in [0.05, 0.1) is 0 Å². The highest BCUT2D eigenvalue weighted by atomic mass is 35.5. The molecule has 2 atom stereocenters. The molecule has 3 heterocycles. The molecule has 0 bridgehead atoms. The van der Waals surface area contributed by atoms with E-state index in [0.717, 1.165) is 5.92 Å². The van der Waals surface area contributed by atoms with Crippen LogP contribution >= 0.6 is 12.4 Å². The van der Waals surface area contributed by atoms with Crippen LogP contribution in [0.25, 0.3) is 0 Å². The van der Waals surface area contributed by atoms with Gasteiger partial charge in [-0.15, -0.1) is 12.4 Å². The SMILES string of the molecule is CC1(CN2CCCC(CN3CCCCCC3)C2)CCNC1.Cl. The van der Waals surface area contributed by atoms with Crippen molar-refractivity contribution in [3.63, 3.8) is 0 Å². The summed E-state index contributed by atoms with van der Waals surface area (Å²) in [6, 6.07) is 0. The highest BCUT2D eigenvalue weighted by Crippen LogP contribution is 2.28. The second-order valence-corrected chi connectivity index (χ2v) is 8.20. The van der Waals surface area contributed by atoms with Crippen molar-refractivity contribution in [1.29, 1.82) is 0 Å². The van der Waals surface area contributed by atoms with Gasteiger partial charge in [0, 0.05) is 26.2 Å². The Morgan fingerprint density at radius 2 is 1.73 bits per heavy atom. The molecule has 3 rings (SSSR count). The molecule has 0 aliphatic carbocycles. The van der Waals surface area contributed by atoms with E-state index in [-0.39, 0.29) is 12.4 Å². The molecule has 0 aromatic rings. The molecule has 2 unspecified atom stereocenters. The Morgan fingerprint density at radius 1 is 1.00 bits per heavy atom. The van der Waals surface area contributed by atoms with Crippen molar-refractivity contribution in [2.45, 2.75) is 51.9 Å². The quantitative estimate of drug-likeness (QED) is 0.855. The molecule has 4 heteroatoms. The standard InChI is InChI=1S/C18H35N3.ClH/c1-18(8-9-19-15-18)16-21-12-6-7-17(14-21)13-20-10-4-2-3-5-11-20;/h17,19H,2-16H2,1H3;1H. The Kier molecular flexibility index (Phi) is 7.46. The first-order chi connectivity index (χ1) is 10.2. The van der Waals surface area contributed by atoms with Gasteiger partial charge in [0.15, 0.2) is 0 Å². The molecule has 3 nitrogen and oxygen atoms in total. The highest BCUT2D eigenvalue weighted by molar-refractivity contribution is 5.85. The molecule has 0 saturated carbocycles. The van der Waals surface area contributed by atoms with E-state index in [1.165, 1.54) is 97.3 Å². The lowest BCUT2D eigenvalue weighted by Crippen LogP contribution is -2.45. The van der Waals surface area contributed by atoms with Crippen LogP contribution in [-0.4, -0.2) is 62.2 Å². The fourth-order valence-corrected chi connectivity index (χ4v) is 4.67.